The van der Waals surface area contributed by atoms with Crippen molar-refractivity contribution in [2.45, 2.75) is 84.2 Å². The molecule has 1 amide bonds. The second-order valence-electron chi connectivity index (χ2n) is 13.9. The minimum Gasteiger partial charge on any atom is -0.496 e. The fourth-order valence-corrected chi connectivity index (χ4v) is 7.73. The number of unbranched alkanes of at least 4 members (excludes halogenated alkanes) is 2. The summed E-state index contributed by atoms with van der Waals surface area (Å²) in [5.41, 5.74) is 1.34. The van der Waals surface area contributed by atoms with Gasteiger partial charge in [0, 0.05) is 57.1 Å². The molecular formula is C41H52F2N2O6. The first-order chi connectivity index (χ1) is 24.9. The van der Waals surface area contributed by atoms with Crippen LogP contribution in [0.15, 0.2) is 60.7 Å². The molecule has 51 heavy (non-hydrogen) atoms. The Hall–Kier alpha value is -3.73. The van der Waals surface area contributed by atoms with Crippen molar-refractivity contribution in [1.82, 2.24) is 0 Å². The summed E-state index contributed by atoms with van der Waals surface area (Å²) in [6.45, 7) is 7.86. The first-order valence-electron chi connectivity index (χ1n) is 18.6. The number of hydrogen-bond acceptors (Lipinski definition) is 7. The van der Waals surface area contributed by atoms with Gasteiger partial charge in [0.05, 0.1) is 29.9 Å². The van der Waals surface area contributed by atoms with Gasteiger partial charge in [-0.15, -0.1) is 0 Å². The van der Waals surface area contributed by atoms with Gasteiger partial charge in [-0.1, -0.05) is 63.1 Å². The van der Waals surface area contributed by atoms with Crippen molar-refractivity contribution >= 4 is 17.3 Å². The number of halogens is 2. The van der Waals surface area contributed by atoms with Gasteiger partial charge in [-0.3, -0.25) is 9.69 Å². The summed E-state index contributed by atoms with van der Waals surface area (Å²) in [6.07, 6.45) is 6.39. The largest absolute Gasteiger partial charge is 0.496 e. The Kier molecular flexibility index (Phi) is 12.5. The highest BCUT2D eigenvalue weighted by Crippen LogP contribution is 2.60. The van der Waals surface area contributed by atoms with Crippen LogP contribution in [-0.2, 0) is 25.6 Å². The lowest BCUT2D eigenvalue weighted by atomic mass is 9.62. The molecule has 3 heterocycles. The van der Waals surface area contributed by atoms with Gasteiger partial charge in [0.25, 0.3) is 0 Å². The fourth-order valence-electron chi connectivity index (χ4n) is 7.73. The molecule has 3 aromatic carbocycles. The average Bonchev–Trinajstić information content (AvgIpc) is 3.16. The van der Waals surface area contributed by atoms with E-state index in [2.05, 4.69) is 18.7 Å². The molecule has 3 aromatic rings. The number of ether oxygens (including phenoxy) is 5. The molecule has 3 saturated heterocycles. The molecule has 0 aliphatic carbocycles. The summed E-state index contributed by atoms with van der Waals surface area (Å²) in [4.78, 5) is 17.9. The normalized spacial score (nSPS) is 19.1. The van der Waals surface area contributed by atoms with Crippen LogP contribution < -0.4 is 19.3 Å². The molecule has 1 atom stereocenters. The summed E-state index contributed by atoms with van der Waals surface area (Å²) < 4.78 is 62.0. The van der Waals surface area contributed by atoms with E-state index in [0.29, 0.717) is 75.0 Å². The second kappa shape index (κ2) is 17.2. The zero-order chi connectivity index (χ0) is 35.8. The Morgan fingerprint density at radius 3 is 2.22 bits per heavy atom. The lowest BCUT2D eigenvalue weighted by Gasteiger charge is -2.58. The van der Waals surface area contributed by atoms with E-state index < -0.39 is 17.3 Å². The molecule has 0 bridgehead atoms. The van der Waals surface area contributed by atoms with E-state index in [0.717, 1.165) is 44.1 Å². The SMILES string of the molecule is CCCCOC(OCCCC)C1CCN(c2cc(OC)c([C@@H]3N(c4cccc(F)c4OCc4ccccc4)C(=O)C34CCOCC4)cc2F)CC1. The monoisotopic (exact) mass is 706 g/mol. The Balaban J connectivity index is 1.27. The molecular weight excluding hydrogens is 654 g/mol. The molecule has 0 saturated carbocycles. The van der Waals surface area contributed by atoms with E-state index in [1.165, 1.54) is 12.1 Å². The summed E-state index contributed by atoms with van der Waals surface area (Å²) in [5, 5.41) is 0. The van der Waals surface area contributed by atoms with Gasteiger partial charge >= 0.3 is 0 Å². The maximum atomic E-state index is 16.4. The van der Waals surface area contributed by atoms with Gasteiger partial charge < -0.3 is 28.6 Å². The molecule has 10 heteroatoms. The Labute approximate surface area is 301 Å². The van der Waals surface area contributed by atoms with Gasteiger partial charge in [0.1, 0.15) is 18.2 Å². The van der Waals surface area contributed by atoms with E-state index in [1.54, 1.807) is 30.2 Å². The molecule has 6 rings (SSSR count). The summed E-state index contributed by atoms with van der Waals surface area (Å²) in [5.74, 6) is -0.429. The molecule has 1 spiro atoms. The van der Waals surface area contributed by atoms with E-state index in [-0.39, 0.29) is 36.3 Å². The number of carbonyl (C=O) groups excluding carboxylic acids is 1. The van der Waals surface area contributed by atoms with Crippen molar-refractivity contribution in [3.63, 3.8) is 0 Å². The van der Waals surface area contributed by atoms with Gasteiger partial charge in [-0.2, -0.15) is 0 Å². The number of methoxy groups -OCH3 is 1. The van der Waals surface area contributed by atoms with Crippen LogP contribution >= 0.6 is 0 Å². The lowest BCUT2D eigenvalue weighted by Crippen LogP contribution is -2.65. The average molecular weight is 707 g/mol. The molecule has 3 fully saturated rings. The minimum absolute atomic E-state index is 0.0174. The predicted molar refractivity (Wildman–Crippen MR) is 193 cm³/mol. The smallest absolute Gasteiger partial charge is 0.236 e. The zero-order valence-corrected chi connectivity index (χ0v) is 30.2. The molecule has 276 valence electrons. The highest BCUT2D eigenvalue weighted by atomic mass is 19.1. The van der Waals surface area contributed by atoms with Crippen LogP contribution in [-0.4, -0.2) is 58.8 Å². The quantitative estimate of drug-likeness (QED) is 0.0840. The fraction of sp³-hybridized carbons (Fsp3) is 0.537. The van der Waals surface area contributed by atoms with Crippen LogP contribution in [0.3, 0.4) is 0 Å². The van der Waals surface area contributed by atoms with Crippen molar-refractivity contribution in [1.29, 1.82) is 0 Å². The Morgan fingerprint density at radius 2 is 1.57 bits per heavy atom. The number of hydrogen-bond donors (Lipinski definition) is 0. The van der Waals surface area contributed by atoms with E-state index in [9.17, 15) is 4.79 Å². The number of rotatable bonds is 16. The molecule has 0 unspecified atom stereocenters. The van der Waals surface area contributed by atoms with Crippen molar-refractivity contribution in [3.8, 4) is 11.5 Å². The van der Waals surface area contributed by atoms with Crippen LogP contribution in [0.4, 0.5) is 20.2 Å². The summed E-state index contributed by atoms with van der Waals surface area (Å²) in [6, 6.07) is 16.7. The predicted octanol–water partition coefficient (Wildman–Crippen LogP) is 8.61. The molecule has 0 radical (unpaired) electrons. The number of benzene rings is 3. The molecule has 8 nitrogen and oxygen atoms in total. The highest BCUT2D eigenvalue weighted by molar-refractivity contribution is 6.07. The first-order valence-corrected chi connectivity index (χ1v) is 18.6. The van der Waals surface area contributed by atoms with Crippen LogP contribution in [0.5, 0.6) is 11.5 Å². The maximum absolute atomic E-state index is 16.4. The Bertz CT molecular complexity index is 1580. The second-order valence-corrected chi connectivity index (χ2v) is 13.9. The topological polar surface area (TPSA) is 69.7 Å². The van der Waals surface area contributed by atoms with Crippen LogP contribution in [0.2, 0.25) is 0 Å². The van der Waals surface area contributed by atoms with E-state index in [4.69, 9.17) is 23.7 Å². The summed E-state index contributed by atoms with van der Waals surface area (Å²) >= 11 is 0. The number of β-lactam (4-membered cyclic amide) rings is 1. The number of anilines is 2. The van der Waals surface area contributed by atoms with Crippen molar-refractivity contribution in [2.24, 2.45) is 11.3 Å². The number of amides is 1. The van der Waals surface area contributed by atoms with Crippen LogP contribution in [0, 0.1) is 23.0 Å². The zero-order valence-electron chi connectivity index (χ0n) is 30.2. The number of para-hydroxylation sites is 1. The van der Waals surface area contributed by atoms with Crippen LogP contribution in [0.1, 0.15) is 82.4 Å². The third-order valence-electron chi connectivity index (χ3n) is 10.7. The lowest BCUT2D eigenvalue weighted by molar-refractivity contribution is -0.177. The standard InChI is InChI=1S/C41H52F2N2O6/c1-4-6-22-49-39(50-23-7-5-2)30-16-20-44(21-17-30)35-27-36(47-3)31(26-33(35)43)38-41(18-24-48-25-19-41)40(46)45(38)34-15-11-14-32(42)37(34)51-28-29-12-9-8-10-13-29/h8-15,26-27,30,38-39H,4-7,16-25,28H2,1-3H3/t38-/m0/s1. The summed E-state index contributed by atoms with van der Waals surface area (Å²) in [7, 11) is 1.57. The van der Waals surface area contributed by atoms with Crippen molar-refractivity contribution in [3.05, 3.63) is 83.4 Å². The minimum atomic E-state index is -0.842. The van der Waals surface area contributed by atoms with Crippen molar-refractivity contribution in [2.75, 3.05) is 56.4 Å². The van der Waals surface area contributed by atoms with Gasteiger partial charge in [0.15, 0.2) is 17.9 Å². The van der Waals surface area contributed by atoms with E-state index in [1.807, 2.05) is 30.3 Å². The molecule has 0 aromatic heterocycles. The number of piperidine rings is 1. The molecule has 3 aliphatic rings. The van der Waals surface area contributed by atoms with Gasteiger partial charge in [-0.05, 0) is 62.3 Å². The van der Waals surface area contributed by atoms with Crippen LogP contribution in [0.25, 0.3) is 0 Å². The molecule has 3 aliphatic heterocycles. The first kappa shape index (κ1) is 37.0. The van der Waals surface area contributed by atoms with Crippen molar-refractivity contribution < 1.29 is 37.3 Å². The number of carbonyl (C=O) groups is 1. The third kappa shape index (κ3) is 7.88. The maximum Gasteiger partial charge on any atom is 0.236 e. The van der Waals surface area contributed by atoms with E-state index >= 15 is 8.78 Å². The van der Waals surface area contributed by atoms with Gasteiger partial charge in [-0.25, -0.2) is 8.78 Å². The highest BCUT2D eigenvalue weighted by Gasteiger charge is 2.63. The number of nitrogens with zero attached hydrogens (tertiary/aromatic N) is 2. The Morgan fingerprint density at radius 1 is 0.882 bits per heavy atom. The third-order valence-corrected chi connectivity index (χ3v) is 10.7. The molecule has 0 N–H and O–H groups in total. The van der Waals surface area contributed by atoms with Gasteiger partial charge in [0.2, 0.25) is 5.91 Å².